The molecule has 1 N–H and O–H groups in total. The molecule has 1 heterocycles. The van der Waals surface area contributed by atoms with Gasteiger partial charge < -0.3 is 9.63 Å². The fourth-order valence-corrected chi connectivity index (χ4v) is 2.65. The van der Waals surface area contributed by atoms with E-state index < -0.39 is 0 Å². The van der Waals surface area contributed by atoms with Crippen molar-refractivity contribution in [2.45, 2.75) is 6.61 Å². The fraction of sp³-hybridized carbons (Fsp3) is 0.100. The van der Waals surface area contributed by atoms with Gasteiger partial charge in [-0.25, -0.2) is 0 Å². The average molecular weight is 333 g/mol. The van der Waals surface area contributed by atoms with Crippen LogP contribution in [0.2, 0.25) is 0 Å². The van der Waals surface area contributed by atoms with E-state index in [0.717, 1.165) is 14.5 Å². The third kappa shape index (κ3) is 2.14. The van der Waals surface area contributed by atoms with Crippen LogP contribution in [0.15, 0.2) is 37.7 Å². The van der Waals surface area contributed by atoms with E-state index in [1.165, 1.54) is 0 Å². The Morgan fingerprint density at radius 2 is 1.93 bits per heavy atom. The predicted molar refractivity (Wildman–Crippen MR) is 63.3 cm³/mol. The van der Waals surface area contributed by atoms with Crippen LogP contribution in [0.25, 0.3) is 11.3 Å². The minimum atomic E-state index is -0.144. The number of aliphatic hydroxyl groups is 1. The lowest BCUT2D eigenvalue weighted by Crippen LogP contribution is -1.81. The van der Waals surface area contributed by atoms with E-state index in [1.54, 1.807) is 6.07 Å². The summed E-state index contributed by atoms with van der Waals surface area (Å²) in [5, 5.41) is 12.8. The molecular formula is C10H7Br2NO2. The number of hydrogen-bond donors (Lipinski definition) is 1. The first-order valence-electron chi connectivity index (χ1n) is 4.23. The Balaban J connectivity index is 2.53. The molecule has 1 aromatic carbocycles. The van der Waals surface area contributed by atoms with Crippen molar-refractivity contribution in [1.29, 1.82) is 0 Å². The number of hydrogen-bond acceptors (Lipinski definition) is 3. The van der Waals surface area contributed by atoms with Crippen LogP contribution in [0, 0.1) is 0 Å². The lowest BCUT2D eigenvalue weighted by Gasteiger charge is -2.02. The summed E-state index contributed by atoms with van der Waals surface area (Å²) in [5.74, 6) is 0.452. The summed E-state index contributed by atoms with van der Waals surface area (Å²) in [6, 6.07) is 7.48. The number of aliphatic hydroxyl groups excluding tert-OH is 1. The third-order valence-corrected chi connectivity index (χ3v) is 3.26. The Hall–Kier alpha value is -0.650. The second-order valence-electron chi connectivity index (χ2n) is 2.93. The number of rotatable bonds is 2. The monoisotopic (exact) mass is 331 g/mol. The minimum absolute atomic E-state index is 0.144. The van der Waals surface area contributed by atoms with Gasteiger partial charge in [0, 0.05) is 20.6 Å². The highest BCUT2D eigenvalue weighted by Crippen LogP contribution is 2.34. The molecule has 0 unspecified atom stereocenters. The van der Waals surface area contributed by atoms with E-state index in [-0.39, 0.29) is 6.61 Å². The summed E-state index contributed by atoms with van der Waals surface area (Å²) in [5.41, 5.74) is 1.61. The Labute approximate surface area is 103 Å². The molecule has 5 heteroatoms. The molecule has 15 heavy (non-hydrogen) atoms. The zero-order chi connectivity index (χ0) is 10.8. The summed E-state index contributed by atoms with van der Waals surface area (Å²) in [7, 11) is 0. The van der Waals surface area contributed by atoms with Gasteiger partial charge in [0.15, 0.2) is 5.76 Å². The van der Waals surface area contributed by atoms with E-state index in [4.69, 9.17) is 9.63 Å². The van der Waals surface area contributed by atoms with E-state index in [1.807, 2.05) is 18.2 Å². The Morgan fingerprint density at radius 3 is 2.47 bits per heavy atom. The van der Waals surface area contributed by atoms with Crippen molar-refractivity contribution < 1.29 is 9.63 Å². The summed E-state index contributed by atoms with van der Waals surface area (Å²) in [6.07, 6.45) is 0. The van der Waals surface area contributed by atoms with Gasteiger partial charge in [0.2, 0.25) is 0 Å². The molecule has 2 rings (SSSR count). The molecule has 0 saturated carbocycles. The van der Waals surface area contributed by atoms with Crippen molar-refractivity contribution >= 4 is 31.9 Å². The predicted octanol–water partition coefficient (Wildman–Crippen LogP) is 3.36. The maximum atomic E-state index is 8.88. The Kier molecular flexibility index (Phi) is 3.23. The van der Waals surface area contributed by atoms with Crippen molar-refractivity contribution in [3.63, 3.8) is 0 Å². The first-order valence-corrected chi connectivity index (χ1v) is 5.82. The Bertz CT molecular complexity index is 462. The van der Waals surface area contributed by atoms with Gasteiger partial charge in [0.1, 0.15) is 12.3 Å². The molecule has 0 bridgehead atoms. The lowest BCUT2D eigenvalue weighted by molar-refractivity contribution is 0.229. The zero-order valence-electron chi connectivity index (χ0n) is 7.58. The van der Waals surface area contributed by atoms with Crippen LogP contribution in [0.5, 0.6) is 0 Å². The molecule has 0 spiro atoms. The SMILES string of the molecule is OCc1cc(-c2c(Br)cccc2Br)no1. The lowest BCUT2D eigenvalue weighted by atomic mass is 10.1. The van der Waals surface area contributed by atoms with Gasteiger partial charge in [-0.3, -0.25) is 0 Å². The summed E-state index contributed by atoms with van der Waals surface area (Å²) < 4.78 is 6.79. The molecule has 0 fully saturated rings. The van der Waals surface area contributed by atoms with Gasteiger partial charge >= 0.3 is 0 Å². The van der Waals surface area contributed by atoms with Crippen LogP contribution in [-0.4, -0.2) is 10.3 Å². The summed E-state index contributed by atoms with van der Waals surface area (Å²) in [4.78, 5) is 0. The molecule has 0 amide bonds. The molecule has 2 aromatic rings. The molecule has 0 radical (unpaired) electrons. The van der Waals surface area contributed by atoms with E-state index in [0.29, 0.717) is 11.5 Å². The van der Waals surface area contributed by atoms with E-state index >= 15 is 0 Å². The van der Waals surface area contributed by atoms with Crippen molar-refractivity contribution in [2.75, 3.05) is 0 Å². The first kappa shape index (κ1) is 10.9. The number of benzene rings is 1. The molecule has 0 atom stereocenters. The van der Waals surface area contributed by atoms with E-state index in [2.05, 4.69) is 37.0 Å². The van der Waals surface area contributed by atoms with Gasteiger partial charge in [-0.1, -0.05) is 43.1 Å². The maximum Gasteiger partial charge on any atom is 0.162 e. The maximum absolute atomic E-state index is 8.88. The average Bonchev–Trinajstić information content (AvgIpc) is 2.66. The molecule has 3 nitrogen and oxygen atoms in total. The summed E-state index contributed by atoms with van der Waals surface area (Å²) in [6.45, 7) is -0.144. The van der Waals surface area contributed by atoms with Gasteiger partial charge in [-0.05, 0) is 12.1 Å². The second-order valence-corrected chi connectivity index (χ2v) is 4.64. The van der Waals surface area contributed by atoms with Crippen molar-refractivity contribution in [3.8, 4) is 11.3 Å². The molecule has 0 aliphatic carbocycles. The van der Waals surface area contributed by atoms with E-state index in [9.17, 15) is 0 Å². The minimum Gasteiger partial charge on any atom is -0.388 e. The van der Waals surface area contributed by atoms with Crippen molar-refractivity contribution in [1.82, 2.24) is 5.16 Å². The Morgan fingerprint density at radius 1 is 1.27 bits per heavy atom. The van der Waals surface area contributed by atoms with Crippen LogP contribution in [0.1, 0.15) is 5.76 Å². The molecule has 1 aromatic heterocycles. The number of halogens is 2. The van der Waals surface area contributed by atoms with Crippen LogP contribution in [0.3, 0.4) is 0 Å². The molecule has 0 aliphatic heterocycles. The highest BCUT2D eigenvalue weighted by atomic mass is 79.9. The molecule has 0 aliphatic rings. The molecule has 78 valence electrons. The van der Waals surface area contributed by atoms with Crippen LogP contribution in [0.4, 0.5) is 0 Å². The van der Waals surface area contributed by atoms with Gasteiger partial charge in [0.05, 0.1) is 0 Å². The third-order valence-electron chi connectivity index (χ3n) is 1.93. The number of aromatic nitrogens is 1. The van der Waals surface area contributed by atoms with Gasteiger partial charge in [-0.15, -0.1) is 0 Å². The topological polar surface area (TPSA) is 46.3 Å². The van der Waals surface area contributed by atoms with Crippen molar-refractivity contribution in [3.05, 3.63) is 39.0 Å². The largest absolute Gasteiger partial charge is 0.388 e. The van der Waals surface area contributed by atoms with Crippen LogP contribution in [-0.2, 0) is 6.61 Å². The summed E-state index contributed by atoms with van der Waals surface area (Å²) >= 11 is 6.88. The molecule has 0 saturated heterocycles. The normalized spacial score (nSPS) is 10.6. The standard InChI is InChI=1S/C10H7Br2NO2/c11-7-2-1-3-8(12)10(7)9-4-6(5-14)15-13-9/h1-4,14H,5H2. The smallest absolute Gasteiger partial charge is 0.162 e. The van der Waals surface area contributed by atoms with Gasteiger partial charge in [0.25, 0.3) is 0 Å². The number of nitrogens with zero attached hydrogens (tertiary/aromatic N) is 1. The quantitative estimate of drug-likeness (QED) is 0.917. The second kappa shape index (κ2) is 4.47. The highest BCUT2D eigenvalue weighted by Gasteiger charge is 2.12. The molecular weight excluding hydrogens is 326 g/mol. The van der Waals surface area contributed by atoms with Crippen LogP contribution >= 0.6 is 31.9 Å². The van der Waals surface area contributed by atoms with Gasteiger partial charge in [-0.2, -0.15) is 0 Å². The van der Waals surface area contributed by atoms with Crippen LogP contribution < -0.4 is 0 Å². The fourth-order valence-electron chi connectivity index (χ4n) is 1.25. The van der Waals surface area contributed by atoms with Crippen molar-refractivity contribution in [2.24, 2.45) is 0 Å². The zero-order valence-corrected chi connectivity index (χ0v) is 10.7. The highest BCUT2D eigenvalue weighted by molar-refractivity contribution is 9.11. The first-order chi connectivity index (χ1) is 7.22.